The second kappa shape index (κ2) is 8.74. The Labute approximate surface area is 176 Å². The number of aryl methyl sites for hydroxylation is 1. The first kappa shape index (κ1) is 19.6. The molecule has 2 heterocycles. The lowest BCUT2D eigenvalue weighted by molar-refractivity contribution is 0.0674. The van der Waals surface area contributed by atoms with Gasteiger partial charge in [0.15, 0.2) is 0 Å². The summed E-state index contributed by atoms with van der Waals surface area (Å²) in [5, 5.41) is 0.946. The normalized spacial score (nSPS) is 16.8. The van der Waals surface area contributed by atoms with Crippen LogP contribution in [0.3, 0.4) is 0 Å². The highest BCUT2D eigenvalue weighted by Gasteiger charge is 2.29. The molecule has 3 aromatic rings. The third-order valence-corrected chi connectivity index (χ3v) is 6.25. The Hall–Kier alpha value is -2.73. The molecule has 0 bridgehead atoms. The number of nitrogens with zero attached hydrogens (tertiary/aromatic N) is 4. The molecule has 1 atom stereocenters. The van der Waals surface area contributed by atoms with Crippen LogP contribution >= 0.6 is 11.5 Å². The standard InChI is InChI=1S/C23H26N4OS/c1-3-18-9-11-20(12-10-18)22(28)27-14-13-26(16-17(27)2)23-24-21(25-29-23)15-19-7-5-4-6-8-19/h4-12,17H,3,13-16H2,1-2H3. The second-order valence-corrected chi connectivity index (χ2v) is 8.23. The number of rotatable bonds is 5. The molecule has 1 unspecified atom stereocenters. The van der Waals surface area contributed by atoms with Crippen LogP contribution in [0.1, 0.15) is 41.2 Å². The molecule has 0 aliphatic carbocycles. The van der Waals surface area contributed by atoms with Crippen molar-refractivity contribution < 1.29 is 4.79 Å². The van der Waals surface area contributed by atoms with Crippen molar-refractivity contribution in [2.24, 2.45) is 0 Å². The summed E-state index contributed by atoms with van der Waals surface area (Å²) >= 11 is 1.45. The molecule has 0 spiro atoms. The molecule has 0 N–H and O–H groups in total. The van der Waals surface area contributed by atoms with Crippen LogP contribution in [0, 0.1) is 0 Å². The molecule has 1 aliphatic rings. The van der Waals surface area contributed by atoms with Crippen molar-refractivity contribution in [3.63, 3.8) is 0 Å². The van der Waals surface area contributed by atoms with Gasteiger partial charge < -0.3 is 9.80 Å². The molecule has 1 fully saturated rings. The topological polar surface area (TPSA) is 49.3 Å². The van der Waals surface area contributed by atoms with Crippen LogP contribution < -0.4 is 4.90 Å². The van der Waals surface area contributed by atoms with E-state index in [1.807, 2.05) is 47.4 Å². The van der Waals surface area contributed by atoms with Crippen LogP contribution in [0.2, 0.25) is 0 Å². The lowest BCUT2D eigenvalue weighted by atomic mass is 10.1. The first-order valence-corrected chi connectivity index (χ1v) is 10.9. The number of hydrogen-bond acceptors (Lipinski definition) is 5. The minimum absolute atomic E-state index is 0.113. The highest BCUT2D eigenvalue weighted by atomic mass is 32.1. The number of piperazine rings is 1. The number of amides is 1. The average molecular weight is 407 g/mol. The number of anilines is 1. The molecule has 29 heavy (non-hydrogen) atoms. The van der Waals surface area contributed by atoms with Crippen LogP contribution in [0.4, 0.5) is 5.13 Å². The Balaban J connectivity index is 1.39. The van der Waals surface area contributed by atoms with E-state index in [4.69, 9.17) is 4.98 Å². The fourth-order valence-corrected chi connectivity index (χ4v) is 4.43. The van der Waals surface area contributed by atoms with Gasteiger partial charge >= 0.3 is 0 Å². The van der Waals surface area contributed by atoms with Crippen molar-refractivity contribution >= 4 is 22.6 Å². The highest BCUT2D eigenvalue weighted by molar-refractivity contribution is 7.09. The van der Waals surface area contributed by atoms with E-state index in [0.717, 1.165) is 42.5 Å². The van der Waals surface area contributed by atoms with Crippen molar-refractivity contribution in [1.82, 2.24) is 14.3 Å². The van der Waals surface area contributed by atoms with E-state index in [9.17, 15) is 4.79 Å². The van der Waals surface area contributed by atoms with Gasteiger partial charge in [-0.15, -0.1) is 0 Å². The largest absolute Gasteiger partial charge is 0.343 e. The number of benzene rings is 2. The van der Waals surface area contributed by atoms with Gasteiger partial charge in [0.1, 0.15) is 5.82 Å². The van der Waals surface area contributed by atoms with Gasteiger partial charge in [-0.1, -0.05) is 49.4 Å². The van der Waals surface area contributed by atoms with Gasteiger partial charge in [-0.3, -0.25) is 4.79 Å². The quantitative estimate of drug-likeness (QED) is 0.642. The minimum atomic E-state index is 0.113. The fraction of sp³-hybridized carbons (Fsp3) is 0.348. The minimum Gasteiger partial charge on any atom is -0.343 e. The molecule has 1 aromatic heterocycles. The maximum atomic E-state index is 12.9. The maximum Gasteiger partial charge on any atom is 0.254 e. The maximum absolute atomic E-state index is 12.9. The zero-order chi connectivity index (χ0) is 20.2. The van der Waals surface area contributed by atoms with E-state index >= 15 is 0 Å². The Bertz CT molecular complexity index is 955. The number of carbonyl (C=O) groups excluding carboxylic acids is 1. The second-order valence-electron chi connectivity index (χ2n) is 7.50. The molecule has 0 radical (unpaired) electrons. The van der Waals surface area contributed by atoms with E-state index < -0.39 is 0 Å². The summed E-state index contributed by atoms with van der Waals surface area (Å²) in [5.74, 6) is 0.972. The number of aromatic nitrogens is 2. The molecule has 6 heteroatoms. The first-order valence-electron chi connectivity index (χ1n) is 10.2. The fourth-order valence-electron chi connectivity index (χ4n) is 3.71. The molecule has 5 nitrogen and oxygen atoms in total. The predicted molar refractivity (Wildman–Crippen MR) is 118 cm³/mol. The zero-order valence-corrected chi connectivity index (χ0v) is 17.7. The van der Waals surface area contributed by atoms with Gasteiger partial charge in [0.25, 0.3) is 5.91 Å². The van der Waals surface area contributed by atoms with E-state index in [0.29, 0.717) is 6.54 Å². The van der Waals surface area contributed by atoms with Crippen LogP contribution in [-0.2, 0) is 12.8 Å². The van der Waals surface area contributed by atoms with Crippen molar-refractivity contribution in [3.8, 4) is 0 Å². The summed E-state index contributed by atoms with van der Waals surface area (Å²) in [5.41, 5.74) is 3.24. The molecule has 1 amide bonds. The van der Waals surface area contributed by atoms with Gasteiger partial charge in [-0.25, -0.2) is 4.98 Å². The Morgan fingerprint density at radius 2 is 1.83 bits per heavy atom. The Morgan fingerprint density at radius 1 is 1.07 bits per heavy atom. The molecular weight excluding hydrogens is 380 g/mol. The third kappa shape index (κ3) is 4.48. The van der Waals surface area contributed by atoms with Crippen molar-refractivity contribution in [2.45, 2.75) is 32.7 Å². The van der Waals surface area contributed by atoms with Gasteiger partial charge in [0, 0.05) is 49.2 Å². The molecular formula is C23H26N4OS. The molecule has 1 saturated heterocycles. The molecule has 4 rings (SSSR count). The number of hydrogen-bond donors (Lipinski definition) is 0. The van der Waals surface area contributed by atoms with Crippen molar-refractivity contribution in [1.29, 1.82) is 0 Å². The summed E-state index contributed by atoms with van der Waals surface area (Å²) in [6, 6.07) is 18.4. The van der Waals surface area contributed by atoms with Gasteiger partial charge in [0.05, 0.1) is 0 Å². The summed E-state index contributed by atoms with van der Waals surface area (Å²) < 4.78 is 4.54. The molecule has 2 aromatic carbocycles. The van der Waals surface area contributed by atoms with Gasteiger partial charge in [0.2, 0.25) is 5.13 Å². The lowest BCUT2D eigenvalue weighted by Crippen LogP contribution is -2.54. The van der Waals surface area contributed by atoms with Crippen LogP contribution in [-0.4, -0.2) is 45.8 Å². The average Bonchev–Trinajstić information content (AvgIpc) is 3.22. The zero-order valence-electron chi connectivity index (χ0n) is 16.9. The molecule has 150 valence electrons. The van der Waals surface area contributed by atoms with Crippen LogP contribution in [0.25, 0.3) is 0 Å². The first-order chi connectivity index (χ1) is 14.1. The Morgan fingerprint density at radius 3 is 2.52 bits per heavy atom. The van der Waals surface area contributed by atoms with Gasteiger partial charge in [-0.2, -0.15) is 4.37 Å². The van der Waals surface area contributed by atoms with Gasteiger partial charge in [-0.05, 0) is 36.6 Å². The van der Waals surface area contributed by atoms with E-state index in [1.165, 1.54) is 22.7 Å². The van der Waals surface area contributed by atoms with Crippen LogP contribution in [0.5, 0.6) is 0 Å². The summed E-state index contributed by atoms with van der Waals surface area (Å²) in [6.45, 7) is 6.48. The smallest absolute Gasteiger partial charge is 0.254 e. The monoisotopic (exact) mass is 406 g/mol. The van der Waals surface area contributed by atoms with Crippen LogP contribution in [0.15, 0.2) is 54.6 Å². The lowest BCUT2D eigenvalue weighted by Gasteiger charge is -2.39. The van der Waals surface area contributed by atoms with E-state index in [-0.39, 0.29) is 11.9 Å². The van der Waals surface area contributed by atoms with Crippen molar-refractivity contribution in [2.75, 3.05) is 24.5 Å². The van der Waals surface area contributed by atoms with E-state index in [1.54, 1.807) is 0 Å². The summed E-state index contributed by atoms with van der Waals surface area (Å²) in [6.07, 6.45) is 1.73. The SMILES string of the molecule is CCc1ccc(C(=O)N2CCN(c3nc(Cc4ccccc4)ns3)CC2C)cc1. The summed E-state index contributed by atoms with van der Waals surface area (Å²) in [4.78, 5) is 21.9. The number of carbonyl (C=O) groups is 1. The third-order valence-electron chi connectivity index (χ3n) is 5.43. The van der Waals surface area contributed by atoms with E-state index in [2.05, 4.69) is 35.3 Å². The Kier molecular flexibility index (Phi) is 5.90. The molecule has 0 saturated carbocycles. The van der Waals surface area contributed by atoms with Crippen molar-refractivity contribution in [3.05, 3.63) is 77.1 Å². The molecule has 1 aliphatic heterocycles. The summed E-state index contributed by atoms with van der Waals surface area (Å²) in [7, 11) is 0. The predicted octanol–water partition coefficient (Wildman–Crippen LogP) is 4.04. The highest BCUT2D eigenvalue weighted by Crippen LogP contribution is 2.23.